The van der Waals surface area contributed by atoms with E-state index in [1.54, 1.807) is 7.05 Å². The maximum Gasteiger partial charge on any atom is 0.191 e. The van der Waals surface area contributed by atoms with Gasteiger partial charge in [-0.1, -0.05) is 19.1 Å². The van der Waals surface area contributed by atoms with Crippen molar-refractivity contribution >= 4 is 29.9 Å². The van der Waals surface area contributed by atoms with Crippen LogP contribution in [0, 0.1) is 0 Å². The van der Waals surface area contributed by atoms with Crippen LogP contribution in [0.1, 0.15) is 18.9 Å². The number of nitrogens with zero attached hydrogens (tertiary/aromatic N) is 2. The summed E-state index contributed by atoms with van der Waals surface area (Å²) in [7, 11) is 1.80. The summed E-state index contributed by atoms with van der Waals surface area (Å²) in [5.41, 5.74) is 1.26. The average molecular weight is 456 g/mol. The standard InChI is InChI=1S/C19H28N4O.HI/c1-3-15-24-18-8-6-7-17(16-18)9-10-21-19(20-2)22-11-14-23-12-4-5-13-23;/h4-8,12-13,16H,3,9-11,14-15H2,1-2H3,(H2,20,21,22);1H. The molecule has 1 aromatic heterocycles. The highest BCUT2D eigenvalue weighted by Gasteiger charge is 2.00. The fourth-order valence-electron chi connectivity index (χ4n) is 2.38. The summed E-state index contributed by atoms with van der Waals surface area (Å²) >= 11 is 0. The van der Waals surface area contributed by atoms with Gasteiger partial charge in [-0.05, 0) is 42.7 Å². The summed E-state index contributed by atoms with van der Waals surface area (Å²) in [6.45, 7) is 5.47. The van der Waals surface area contributed by atoms with Crippen molar-refractivity contribution in [1.82, 2.24) is 15.2 Å². The zero-order valence-corrected chi connectivity index (χ0v) is 17.4. The minimum absolute atomic E-state index is 0. The summed E-state index contributed by atoms with van der Waals surface area (Å²) < 4.78 is 7.82. The molecule has 6 heteroatoms. The van der Waals surface area contributed by atoms with Crippen molar-refractivity contribution in [2.45, 2.75) is 26.3 Å². The van der Waals surface area contributed by atoms with Crippen molar-refractivity contribution in [2.75, 3.05) is 26.7 Å². The van der Waals surface area contributed by atoms with Gasteiger partial charge in [-0.25, -0.2) is 0 Å². The van der Waals surface area contributed by atoms with Crippen LogP contribution in [0.5, 0.6) is 5.75 Å². The van der Waals surface area contributed by atoms with Crippen LogP contribution >= 0.6 is 24.0 Å². The molecule has 0 amide bonds. The molecule has 0 atom stereocenters. The van der Waals surface area contributed by atoms with Gasteiger partial charge >= 0.3 is 0 Å². The summed E-state index contributed by atoms with van der Waals surface area (Å²) in [6, 6.07) is 12.4. The number of aromatic nitrogens is 1. The van der Waals surface area contributed by atoms with Crippen molar-refractivity contribution < 1.29 is 4.74 Å². The topological polar surface area (TPSA) is 50.6 Å². The first kappa shape index (κ1) is 21.3. The SMILES string of the molecule is CCCOc1cccc(CCNC(=NC)NCCn2cccc2)c1.I. The molecule has 2 N–H and O–H groups in total. The second-order valence-electron chi connectivity index (χ2n) is 5.59. The molecule has 0 aliphatic carbocycles. The van der Waals surface area contributed by atoms with Crippen LogP contribution in [-0.2, 0) is 13.0 Å². The Hall–Kier alpha value is -1.70. The molecule has 138 valence electrons. The number of nitrogens with one attached hydrogen (secondary N) is 2. The Morgan fingerprint density at radius 1 is 1.12 bits per heavy atom. The first-order valence-corrected chi connectivity index (χ1v) is 8.59. The van der Waals surface area contributed by atoms with Crippen molar-refractivity contribution in [3.05, 3.63) is 54.4 Å². The maximum atomic E-state index is 5.67. The zero-order chi connectivity index (χ0) is 17.0. The molecule has 0 saturated carbocycles. The predicted octanol–water partition coefficient (Wildman–Crippen LogP) is 3.30. The lowest BCUT2D eigenvalue weighted by Gasteiger charge is -2.12. The van der Waals surface area contributed by atoms with Crippen molar-refractivity contribution in [3.8, 4) is 5.75 Å². The Balaban J connectivity index is 0.00000312. The molecule has 0 bridgehead atoms. The molecule has 0 fully saturated rings. The number of ether oxygens (including phenoxy) is 1. The highest BCUT2D eigenvalue weighted by Crippen LogP contribution is 2.13. The molecule has 0 aliphatic rings. The molecule has 0 radical (unpaired) electrons. The van der Waals surface area contributed by atoms with Gasteiger partial charge in [0.25, 0.3) is 0 Å². The fraction of sp³-hybridized carbons (Fsp3) is 0.421. The summed E-state index contributed by atoms with van der Waals surface area (Å²) in [4.78, 5) is 4.26. The smallest absolute Gasteiger partial charge is 0.191 e. The zero-order valence-electron chi connectivity index (χ0n) is 15.1. The van der Waals surface area contributed by atoms with Gasteiger partial charge in [-0.3, -0.25) is 4.99 Å². The Labute approximate surface area is 167 Å². The highest BCUT2D eigenvalue weighted by atomic mass is 127. The molecular formula is C19H29IN4O. The molecular weight excluding hydrogens is 427 g/mol. The van der Waals surface area contributed by atoms with E-state index in [-0.39, 0.29) is 24.0 Å². The number of aliphatic imine (C=N–C) groups is 1. The summed E-state index contributed by atoms with van der Waals surface area (Å²) in [5, 5.41) is 6.68. The second-order valence-corrected chi connectivity index (χ2v) is 5.59. The van der Waals surface area contributed by atoms with Crippen LogP contribution in [0.2, 0.25) is 0 Å². The molecule has 25 heavy (non-hydrogen) atoms. The third-order valence-corrected chi connectivity index (χ3v) is 3.63. The van der Waals surface area contributed by atoms with Gasteiger partial charge in [0.1, 0.15) is 5.75 Å². The van der Waals surface area contributed by atoms with E-state index in [1.807, 2.05) is 24.3 Å². The minimum Gasteiger partial charge on any atom is -0.494 e. The van der Waals surface area contributed by atoms with E-state index in [1.165, 1.54) is 5.56 Å². The Kier molecular flexibility index (Phi) is 10.8. The molecule has 2 rings (SSSR count). The number of rotatable bonds is 9. The Morgan fingerprint density at radius 3 is 2.60 bits per heavy atom. The van der Waals surface area contributed by atoms with Gasteiger partial charge < -0.3 is 19.9 Å². The molecule has 0 unspecified atom stereocenters. The van der Waals surface area contributed by atoms with Crippen LogP contribution in [0.3, 0.4) is 0 Å². The lowest BCUT2D eigenvalue weighted by Crippen LogP contribution is -2.39. The average Bonchev–Trinajstić information content (AvgIpc) is 3.12. The molecule has 0 aliphatic heterocycles. The van der Waals surface area contributed by atoms with E-state index in [4.69, 9.17) is 4.74 Å². The summed E-state index contributed by atoms with van der Waals surface area (Å²) in [6.07, 6.45) is 6.08. The molecule has 0 spiro atoms. The first-order chi connectivity index (χ1) is 11.8. The van der Waals surface area contributed by atoms with E-state index < -0.39 is 0 Å². The van der Waals surface area contributed by atoms with Crippen LogP contribution in [0.15, 0.2) is 53.8 Å². The lowest BCUT2D eigenvalue weighted by molar-refractivity contribution is 0.317. The van der Waals surface area contributed by atoms with E-state index in [9.17, 15) is 0 Å². The number of benzene rings is 1. The number of hydrogen-bond acceptors (Lipinski definition) is 2. The molecule has 1 aromatic carbocycles. The molecule has 2 aromatic rings. The largest absolute Gasteiger partial charge is 0.494 e. The molecule has 0 saturated heterocycles. The van der Waals surface area contributed by atoms with Gasteiger partial charge in [0, 0.05) is 39.1 Å². The Bertz CT molecular complexity index is 614. The van der Waals surface area contributed by atoms with Crippen molar-refractivity contribution in [3.63, 3.8) is 0 Å². The van der Waals surface area contributed by atoms with Gasteiger partial charge in [-0.15, -0.1) is 24.0 Å². The van der Waals surface area contributed by atoms with Crippen LogP contribution in [0.4, 0.5) is 0 Å². The van der Waals surface area contributed by atoms with Crippen LogP contribution in [0.25, 0.3) is 0 Å². The third-order valence-electron chi connectivity index (χ3n) is 3.63. The van der Waals surface area contributed by atoms with Crippen LogP contribution < -0.4 is 15.4 Å². The predicted molar refractivity (Wildman–Crippen MR) is 115 cm³/mol. The highest BCUT2D eigenvalue weighted by molar-refractivity contribution is 14.0. The number of guanidine groups is 1. The quantitative estimate of drug-likeness (QED) is 0.346. The van der Waals surface area contributed by atoms with Gasteiger partial charge in [0.2, 0.25) is 0 Å². The molecule has 1 heterocycles. The van der Waals surface area contributed by atoms with Crippen molar-refractivity contribution in [2.24, 2.45) is 4.99 Å². The Morgan fingerprint density at radius 2 is 1.88 bits per heavy atom. The third kappa shape index (κ3) is 8.29. The molecule has 5 nitrogen and oxygen atoms in total. The normalized spacial score (nSPS) is 10.9. The second kappa shape index (κ2) is 12.6. The fourth-order valence-corrected chi connectivity index (χ4v) is 2.38. The van der Waals surface area contributed by atoms with Gasteiger partial charge in [0.05, 0.1) is 6.61 Å². The summed E-state index contributed by atoms with van der Waals surface area (Å²) in [5.74, 6) is 1.78. The minimum atomic E-state index is 0. The first-order valence-electron chi connectivity index (χ1n) is 8.59. The van der Waals surface area contributed by atoms with E-state index in [0.717, 1.165) is 50.8 Å². The number of halogens is 1. The van der Waals surface area contributed by atoms with E-state index >= 15 is 0 Å². The maximum absolute atomic E-state index is 5.67. The van der Waals surface area contributed by atoms with Gasteiger partial charge in [0.15, 0.2) is 5.96 Å². The van der Waals surface area contributed by atoms with Crippen molar-refractivity contribution in [1.29, 1.82) is 0 Å². The van der Waals surface area contributed by atoms with Gasteiger partial charge in [-0.2, -0.15) is 0 Å². The van der Waals surface area contributed by atoms with Crippen LogP contribution in [-0.4, -0.2) is 37.3 Å². The number of hydrogen-bond donors (Lipinski definition) is 2. The van der Waals surface area contributed by atoms with E-state index in [0.29, 0.717) is 0 Å². The van der Waals surface area contributed by atoms with E-state index in [2.05, 4.69) is 51.6 Å². The monoisotopic (exact) mass is 456 g/mol. The lowest BCUT2D eigenvalue weighted by atomic mass is 10.1.